The van der Waals surface area contributed by atoms with Crippen LogP contribution in [0, 0.1) is 13.8 Å². The van der Waals surface area contributed by atoms with Crippen molar-refractivity contribution in [3.05, 3.63) is 28.8 Å². The summed E-state index contributed by atoms with van der Waals surface area (Å²) in [5, 5.41) is 0. The van der Waals surface area contributed by atoms with Crippen molar-refractivity contribution in [2.45, 2.75) is 47.0 Å². The second-order valence-electron chi connectivity index (χ2n) is 6.27. The first-order chi connectivity index (χ1) is 8.12. The van der Waals surface area contributed by atoms with Gasteiger partial charge in [-0.25, -0.2) is 0 Å². The third-order valence-electron chi connectivity index (χ3n) is 3.20. The molecule has 0 aromatic heterocycles. The first-order valence-corrected chi connectivity index (χ1v) is 6.45. The average molecular weight is 247 g/mol. The Morgan fingerprint density at radius 3 is 1.94 bits per heavy atom. The van der Waals surface area contributed by atoms with Crippen molar-refractivity contribution in [3.63, 3.8) is 0 Å². The summed E-state index contributed by atoms with van der Waals surface area (Å²) >= 11 is 0. The highest BCUT2D eigenvalue weighted by Gasteiger charge is 2.17. The van der Waals surface area contributed by atoms with Crippen LogP contribution in [0.4, 0.5) is 5.69 Å². The van der Waals surface area contributed by atoms with Gasteiger partial charge in [-0.05, 0) is 42.9 Å². The van der Waals surface area contributed by atoms with Crippen molar-refractivity contribution in [3.8, 4) is 0 Å². The zero-order valence-corrected chi connectivity index (χ0v) is 12.7. The maximum absolute atomic E-state index is 11.2. The van der Waals surface area contributed by atoms with E-state index in [1.54, 1.807) is 6.92 Å². The van der Waals surface area contributed by atoms with Gasteiger partial charge in [-0.2, -0.15) is 0 Å². The molecule has 2 heteroatoms. The Morgan fingerprint density at radius 1 is 1.17 bits per heavy atom. The molecule has 0 aliphatic carbocycles. The van der Waals surface area contributed by atoms with Crippen molar-refractivity contribution < 1.29 is 4.79 Å². The van der Waals surface area contributed by atoms with Crippen LogP contribution in [0.25, 0.3) is 0 Å². The van der Waals surface area contributed by atoms with Gasteiger partial charge in [0.15, 0.2) is 0 Å². The number of benzene rings is 1. The van der Waals surface area contributed by atoms with Gasteiger partial charge in [0, 0.05) is 12.7 Å². The second kappa shape index (κ2) is 5.13. The molecule has 1 rings (SSSR count). The van der Waals surface area contributed by atoms with E-state index in [0.29, 0.717) is 6.54 Å². The third-order valence-corrected chi connectivity index (χ3v) is 3.20. The van der Waals surface area contributed by atoms with Crippen molar-refractivity contribution in [2.75, 3.05) is 18.5 Å². The van der Waals surface area contributed by atoms with E-state index >= 15 is 0 Å². The lowest BCUT2D eigenvalue weighted by atomic mass is 9.84. The van der Waals surface area contributed by atoms with Gasteiger partial charge in [0.05, 0.1) is 6.54 Å². The van der Waals surface area contributed by atoms with Crippen LogP contribution in [0.15, 0.2) is 12.1 Å². The van der Waals surface area contributed by atoms with E-state index < -0.39 is 0 Å². The molecule has 1 aromatic carbocycles. The Labute approximate surface area is 111 Å². The van der Waals surface area contributed by atoms with E-state index in [1.807, 2.05) is 11.9 Å². The van der Waals surface area contributed by atoms with Gasteiger partial charge < -0.3 is 4.90 Å². The molecule has 0 unspecified atom stereocenters. The smallest absolute Gasteiger partial charge is 0.149 e. The minimum atomic E-state index is 0.160. The zero-order valence-electron chi connectivity index (χ0n) is 12.7. The number of carbonyl (C=O) groups is 1. The molecule has 0 heterocycles. The monoisotopic (exact) mass is 247 g/mol. The topological polar surface area (TPSA) is 20.3 Å². The molecule has 0 amide bonds. The summed E-state index contributed by atoms with van der Waals surface area (Å²) in [6.45, 7) is 13.0. The van der Waals surface area contributed by atoms with E-state index in [2.05, 4.69) is 46.8 Å². The van der Waals surface area contributed by atoms with Crippen molar-refractivity contribution >= 4 is 11.5 Å². The number of hydrogen-bond donors (Lipinski definition) is 0. The summed E-state index contributed by atoms with van der Waals surface area (Å²) in [5.41, 5.74) is 5.16. The van der Waals surface area contributed by atoms with E-state index in [0.717, 1.165) is 0 Å². The van der Waals surface area contributed by atoms with Crippen LogP contribution in [0.1, 0.15) is 44.4 Å². The molecule has 0 aliphatic heterocycles. The molecule has 2 nitrogen and oxygen atoms in total. The standard InChI is InChI=1S/C16H25NO/c1-11-8-14(16(4,5)6)9-12(2)15(11)17(7)10-13(3)18/h8-9H,10H2,1-7H3. The number of Topliss-reactive ketones (excluding diaryl/α,β-unsaturated/α-hetero) is 1. The molecule has 0 radical (unpaired) electrons. The van der Waals surface area contributed by atoms with Gasteiger partial charge in [-0.3, -0.25) is 4.79 Å². The van der Waals surface area contributed by atoms with E-state index in [1.165, 1.54) is 22.4 Å². The zero-order chi connectivity index (χ0) is 14.1. The first-order valence-electron chi connectivity index (χ1n) is 6.45. The van der Waals surface area contributed by atoms with Gasteiger partial charge in [0.25, 0.3) is 0 Å². The normalized spacial score (nSPS) is 11.5. The summed E-state index contributed by atoms with van der Waals surface area (Å²) in [6.07, 6.45) is 0. The molecule has 100 valence electrons. The molecule has 0 N–H and O–H groups in total. The van der Waals surface area contributed by atoms with E-state index in [-0.39, 0.29) is 11.2 Å². The van der Waals surface area contributed by atoms with Crippen LogP contribution >= 0.6 is 0 Å². The van der Waals surface area contributed by atoms with E-state index in [4.69, 9.17) is 0 Å². The van der Waals surface area contributed by atoms with Crippen molar-refractivity contribution in [1.29, 1.82) is 0 Å². The average Bonchev–Trinajstić information content (AvgIpc) is 2.13. The van der Waals surface area contributed by atoms with Crippen molar-refractivity contribution in [1.82, 2.24) is 0 Å². The summed E-state index contributed by atoms with van der Waals surface area (Å²) in [7, 11) is 1.98. The predicted molar refractivity (Wildman–Crippen MR) is 78.6 cm³/mol. The Balaban J connectivity index is 3.20. The molecule has 1 aromatic rings. The Kier molecular flexibility index (Phi) is 4.20. The van der Waals surface area contributed by atoms with Gasteiger partial charge in [0.1, 0.15) is 5.78 Å². The molecule has 0 atom stereocenters. The molecular formula is C16H25NO. The quantitative estimate of drug-likeness (QED) is 0.813. The van der Waals surface area contributed by atoms with Crippen LogP contribution < -0.4 is 4.90 Å². The maximum atomic E-state index is 11.2. The lowest BCUT2D eigenvalue weighted by molar-refractivity contribution is -0.115. The number of likely N-dealkylation sites (N-methyl/N-ethyl adjacent to an activating group) is 1. The predicted octanol–water partition coefficient (Wildman–Crippen LogP) is 3.63. The highest BCUT2D eigenvalue weighted by atomic mass is 16.1. The molecule has 0 bridgehead atoms. The van der Waals surface area contributed by atoms with Gasteiger partial charge >= 0.3 is 0 Å². The molecule has 0 saturated heterocycles. The first kappa shape index (κ1) is 14.7. The summed E-state index contributed by atoms with van der Waals surface area (Å²) < 4.78 is 0. The fourth-order valence-corrected chi connectivity index (χ4v) is 2.40. The molecule has 0 fully saturated rings. The molecular weight excluding hydrogens is 222 g/mol. The summed E-state index contributed by atoms with van der Waals surface area (Å²) in [6, 6.07) is 4.47. The number of hydrogen-bond acceptors (Lipinski definition) is 2. The van der Waals surface area contributed by atoms with Gasteiger partial charge in [-0.1, -0.05) is 32.9 Å². The highest BCUT2D eigenvalue weighted by molar-refractivity contribution is 5.81. The number of nitrogens with zero attached hydrogens (tertiary/aromatic N) is 1. The molecule has 0 spiro atoms. The Morgan fingerprint density at radius 2 is 1.61 bits per heavy atom. The Hall–Kier alpha value is -1.31. The lowest BCUT2D eigenvalue weighted by Crippen LogP contribution is -2.25. The second-order valence-corrected chi connectivity index (χ2v) is 6.27. The SMILES string of the molecule is CC(=O)CN(C)c1c(C)cc(C(C)(C)C)cc1C. The minimum absolute atomic E-state index is 0.160. The fourth-order valence-electron chi connectivity index (χ4n) is 2.40. The van der Waals surface area contributed by atoms with E-state index in [9.17, 15) is 4.79 Å². The summed E-state index contributed by atoms with van der Waals surface area (Å²) in [5.74, 6) is 0.191. The maximum Gasteiger partial charge on any atom is 0.149 e. The third kappa shape index (κ3) is 3.34. The molecule has 0 saturated carbocycles. The minimum Gasteiger partial charge on any atom is -0.367 e. The fraction of sp³-hybridized carbons (Fsp3) is 0.562. The molecule has 0 aliphatic rings. The summed E-state index contributed by atoms with van der Waals surface area (Å²) in [4.78, 5) is 13.3. The Bertz CT molecular complexity index is 432. The van der Waals surface area contributed by atoms with Crippen molar-refractivity contribution in [2.24, 2.45) is 0 Å². The van der Waals surface area contributed by atoms with Crippen LogP contribution in [0.2, 0.25) is 0 Å². The van der Waals surface area contributed by atoms with Crippen LogP contribution in [-0.4, -0.2) is 19.4 Å². The van der Waals surface area contributed by atoms with Gasteiger partial charge in [-0.15, -0.1) is 0 Å². The van der Waals surface area contributed by atoms with Gasteiger partial charge in [0.2, 0.25) is 0 Å². The number of rotatable bonds is 3. The van der Waals surface area contributed by atoms with Crippen LogP contribution in [0.3, 0.4) is 0 Å². The largest absolute Gasteiger partial charge is 0.367 e. The van der Waals surface area contributed by atoms with Crippen LogP contribution in [0.5, 0.6) is 0 Å². The van der Waals surface area contributed by atoms with Crippen LogP contribution in [-0.2, 0) is 10.2 Å². The number of ketones is 1. The molecule has 18 heavy (non-hydrogen) atoms. The number of aryl methyl sites for hydroxylation is 2. The lowest BCUT2D eigenvalue weighted by Gasteiger charge is -2.26. The number of anilines is 1. The highest BCUT2D eigenvalue weighted by Crippen LogP contribution is 2.31. The number of carbonyl (C=O) groups excluding carboxylic acids is 1.